The van der Waals surface area contributed by atoms with E-state index >= 15 is 0 Å². The van der Waals surface area contributed by atoms with Gasteiger partial charge in [0.25, 0.3) is 0 Å². The molecule has 5 atom stereocenters. The van der Waals surface area contributed by atoms with Crippen LogP contribution in [0.15, 0.2) is 0 Å². The molecule has 2 saturated carbocycles. The Labute approximate surface area is 117 Å². The van der Waals surface area contributed by atoms with Crippen molar-refractivity contribution in [3.05, 3.63) is 0 Å². The number of nitrogens with one attached hydrogen (secondary N) is 1. The minimum Gasteiger partial charge on any atom is -0.353 e. The van der Waals surface area contributed by atoms with Gasteiger partial charge < -0.3 is 11.1 Å². The van der Waals surface area contributed by atoms with Crippen LogP contribution in [0, 0.1) is 17.8 Å². The Morgan fingerprint density at radius 3 is 2.58 bits per heavy atom. The first kappa shape index (κ1) is 14.8. The quantitative estimate of drug-likeness (QED) is 0.825. The van der Waals surface area contributed by atoms with Crippen molar-refractivity contribution in [3.8, 4) is 0 Å². The number of hydrogen-bond acceptors (Lipinski definition) is 2. The minimum absolute atomic E-state index is 0.230. The van der Waals surface area contributed by atoms with E-state index in [0.29, 0.717) is 24.3 Å². The third-order valence-electron chi connectivity index (χ3n) is 5.19. The van der Waals surface area contributed by atoms with Gasteiger partial charge >= 0.3 is 0 Å². The molecule has 0 heterocycles. The number of nitrogens with two attached hydrogens (primary N) is 1. The van der Waals surface area contributed by atoms with E-state index in [0.717, 1.165) is 25.2 Å². The van der Waals surface area contributed by atoms with Crippen LogP contribution >= 0.6 is 0 Å². The molecule has 3 heteroatoms. The molecule has 0 saturated heterocycles. The fourth-order valence-corrected chi connectivity index (χ4v) is 3.87. The Balaban J connectivity index is 1.77. The Morgan fingerprint density at radius 2 is 1.89 bits per heavy atom. The second-order valence-corrected chi connectivity index (χ2v) is 6.98. The van der Waals surface area contributed by atoms with Crippen molar-refractivity contribution in [2.24, 2.45) is 23.5 Å². The average molecular weight is 266 g/mol. The van der Waals surface area contributed by atoms with Crippen molar-refractivity contribution < 1.29 is 4.79 Å². The molecule has 0 bridgehead atoms. The van der Waals surface area contributed by atoms with Crippen molar-refractivity contribution in [1.29, 1.82) is 0 Å². The molecule has 110 valence electrons. The number of hydrogen-bond donors (Lipinski definition) is 2. The Kier molecular flexibility index (Phi) is 5.26. The zero-order chi connectivity index (χ0) is 13.8. The summed E-state index contributed by atoms with van der Waals surface area (Å²) >= 11 is 0. The predicted octanol–water partition coefficient (Wildman–Crippen LogP) is 2.83. The van der Waals surface area contributed by atoms with Crippen LogP contribution in [0.25, 0.3) is 0 Å². The van der Waals surface area contributed by atoms with Crippen molar-refractivity contribution in [2.45, 2.75) is 77.3 Å². The first-order chi connectivity index (χ1) is 9.06. The van der Waals surface area contributed by atoms with Crippen LogP contribution in [-0.4, -0.2) is 18.0 Å². The lowest BCUT2D eigenvalue weighted by atomic mass is 9.79. The molecule has 5 unspecified atom stereocenters. The van der Waals surface area contributed by atoms with Crippen molar-refractivity contribution in [3.63, 3.8) is 0 Å². The highest BCUT2D eigenvalue weighted by Gasteiger charge is 2.29. The lowest BCUT2D eigenvalue weighted by Gasteiger charge is -2.34. The van der Waals surface area contributed by atoms with Crippen LogP contribution < -0.4 is 11.1 Å². The van der Waals surface area contributed by atoms with E-state index in [2.05, 4.69) is 19.2 Å². The third kappa shape index (κ3) is 4.20. The Bertz CT molecular complexity index is 305. The molecule has 2 aliphatic carbocycles. The fourth-order valence-electron chi connectivity index (χ4n) is 3.87. The second-order valence-electron chi connectivity index (χ2n) is 6.98. The van der Waals surface area contributed by atoms with Crippen LogP contribution in [0.1, 0.15) is 65.2 Å². The first-order valence-corrected chi connectivity index (χ1v) is 8.11. The van der Waals surface area contributed by atoms with Crippen LogP contribution in [-0.2, 0) is 4.79 Å². The minimum atomic E-state index is 0.230. The van der Waals surface area contributed by atoms with Gasteiger partial charge in [0, 0.05) is 18.5 Å². The van der Waals surface area contributed by atoms with Gasteiger partial charge in [0.1, 0.15) is 0 Å². The average Bonchev–Trinajstić information content (AvgIpc) is 2.36. The lowest BCUT2D eigenvalue weighted by molar-refractivity contribution is -0.123. The summed E-state index contributed by atoms with van der Waals surface area (Å²) in [5, 5.41) is 3.26. The highest BCUT2D eigenvalue weighted by atomic mass is 16.1. The monoisotopic (exact) mass is 266 g/mol. The van der Waals surface area contributed by atoms with Crippen molar-refractivity contribution in [2.75, 3.05) is 0 Å². The van der Waals surface area contributed by atoms with Gasteiger partial charge in [-0.2, -0.15) is 0 Å². The summed E-state index contributed by atoms with van der Waals surface area (Å²) in [6, 6.07) is 0.631. The van der Waals surface area contributed by atoms with Crippen LogP contribution in [0.2, 0.25) is 0 Å². The standard InChI is InChI=1S/C16H30N2O/c1-11-7-8-15(12(2)9-11)18-16(19)10-13-5-3-4-6-14(13)17/h11-15H,3-10,17H2,1-2H3,(H,18,19). The molecular formula is C16H30N2O. The summed E-state index contributed by atoms with van der Waals surface area (Å²) < 4.78 is 0. The second kappa shape index (κ2) is 6.74. The zero-order valence-corrected chi connectivity index (χ0v) is 12.5. The van der Waals surface area contributed by atoms with E-state index in [1.807, 2.05) is 0 Å². The van der Waals surface area contributed by atoms with Crippen LogP contribution in [0.3, 0.4) is 0 Å². The largest absolute Gasteiger partial charge is 0.353 e. The number of amides is 1. The van der Waals surface area contributed by atoms with Gasteiger partial charge in [-0.15, -0.1) is 0 Å². The Morgan fingerprint density at radius 1 is 1.16 bits per heavy atom. The molecule has 0 aromatic rings. The first-order valence-electron chi connectivity index (χ1n) is 8.11. The molecule has 2 aliphatic rings. The smallest absolute Gasteiger partial charge is 0.220 e. The van der Waals surface area contributed by atoms with Crippen LogP contribution in [0.5, 0.6) is 0 Å². The van der Waals surface area contributed by atoms with Gasteiger partial charge in [0.2, 0.25) is 5.91 Å². The molecule has 3 nitrogen and oxygen atoms in total. The molecule has 0 aromatic carbocycles. The molecule has 0 radical (unpaired) electrons. The summed E-state index contributed by atoms with van der Waals surface area (Å²) in [4.78, 5) is 12.2. The molecule has 0 aromatic heterocycles. The zero-order valence-electron chi connectivity index (χ0n) is 12.5. The van der Waals surface area contributed by atoms with E-state index in [1.54, 1.807) is 0 Å². The van der Waals surface area contributed by atoms with Gasteiger partial charge in [-0.05, 0) is 49.9 Å². The molecule has 2 fully saturated rings. The number of carbonyl (C=O) groups excluding carboxylic acids is 1. The normalized spacial score (nSPS) is 39.8. The molecular weight excluding hydrogens is 236 g/mol. The molecule has 0 aliphatic heterocycles. The van der Waals surface area contributed by atoms with Gasteiger partial charge in [0.15, 0.2) is 0 Å². The highest BCUT2D eigenvalue weighted by molar-refractivity contribution is 5.76. The van der Waals surface area contributed by atoms with Gasteiger partial charge in [-0.25, -0.2) is 0 Å². The fraction of sp³-hybridized carbons (Fsp3) is 0.938. The SMILES string of the molecule is CC1CCC(NC(=O)CC2CCCCC2N)C(C)C1. The third-order valence-corrected chi connectivity index (χ3v) is 5.19. The summed E-state index contributed by atoms with van der Waals surface area (Å²) in [6.07, 6.45) is 8.97. The molecule has 19 heavy (non-hydrogen) atoms. The molecule has 1 amide bonds. The van der Waals surface area contributed by atoms with E-state index < -0.39 is 0 Å². The van der Waals surface area contributed by atoms with E-state index in [9.17, 15) is 4.79 Å². The van der Waals surface area contributed by atoms with Gasteiger partial charge in [-0.3, -0.25) is 4.79 Å². The summed E-state index contributed by atoms with van der Waals surface area (Å²) in [6.45, 7) is 4.59. The molecule has 3 N–H and O–H groups in total. The van der Waals surface area contributed by atoms with E-state index in [4.69, 9.17) is 5.73 Å². The molecule has 0 spiro atoms. The summed E-state index contributed by atoms with van der Waals surface area (Å²) in [7, 11) is 0. The highest BCUT2D eigenvalue weighted by Crippen LogP contribution is 2.29. The maximum atomic E-state index is 12.2. The van der Waals surface area contributed by atoms with Gasteiger partial charge in [0.05, 0.1) is 0 Å². The van der Waals surface area contributed by atoms with Crippen molar-refractivity contribution in [1.82, 2.24) is 5.32 Å². The van der Waals surface area contributed by atoms with Crippen molar-refractivity contribution >= 4 is 5.91 Å². The van der Waals surface area contributed by atoms with E-state index in [1.165, 1.54) is 25.7 Å². The number of carbonyl (C=O) groups is 1. The summed E-state index contributed by atoms with van der Waals surface area (Å²) in [5.41, 5.74) is 6.13. The van der Waals surface area contributed by atoms with E-state index in [-0.39, 0.29) is 11.9 Å². The number of rotatable bonds is 3. The topological polar surface area (TPSA) is 55.1 Å². The maximum Gasteiger partial charge on any atom is 0.220 e. The molecule has 2 rings (SSSR count). The summed E-state index contributed by atoms with van der Waals surface area (Å²) in [5.74, 6) is 2.07. The van der Waals surface area contributed by atoms with Gasteiger partial charge in [-0.1, -0.05) is 26.7 Å². The Hall–Kier alpha value is -0.570. The lowest BCUT2D eigenvalue weighted by Crippen LogP contribution is -2.44. The predicted molar refractivity (Wildman–Crippen MR) is 78.7 cm³/mol. The maximum absolute atomic E-state index is 12.2. The van der Waals surface area contributed by atoms with Crippen LogP contribution in [0.4, 0.5) is 0 Å².